The highest BCUT2D eigenvalue weighted by Crippen LogP contribution is 2.25. The van der Waals surface area contributed by atoms with Gasteiger partial charge in [-0.15, -0.1) is 0 Å². The molecule has 0 aromatic heterocycles. The molecule has 0 amide bonds. The largest absolute Gasteiger partial charge is 0.494 e. The van der Waals surface area contributed by atoms with Crippen LogP contribution in [0.4, 0.5) is 4.39 Å². The summed E-state index contributed by atoms with van der Waals surface area (Å²) >= 11 is 0. The third kappa shape index (κ3) is 3.20. The van der Waals surface area contributed by atoms with Crippen LogP contribution in [-0.4, -0.2) is 34.1 Å². The lowest BCUT2D eigenvalue weighted by Crippen LogP contribution is -2.33. The van der Waals surface area contributed by atoms with Crippen molar-refractivity contribution in [3.8, 4) is 5.75 Å². The molecule has 0 fully saturated rings. The molecule has 0 saturated heterocycles. The standard InChI is InChI=1S/C12H18FNO3S/c1-8(18(4,15)16)12(14-2)9-5-6-11(17-3)10(13)7-9/h5-8,12,14H,1-4H3. The predicted molar refractivity (Wildman–Crippen MR) is 69.1 cm³/mol. The Morgan fingerprint density at radius 1 is 1.39 bits per heavy atom. The van der Waals surface area contributed by atoms with Crippen LogP contribution in [0.5, 0.6) is 5.75 Å². The van der Waals surface area contributed by atoms with E-state index in [2.05, 4.69) is 5.32 Å². The van der Waals surface area contributed by atoms with Crippen molar-refractivity contribution in [2.24, 2.45) is 0 Å². The van der Waals surface area contributed by atoms with E-state index in [0.29, 0.717) is 5.56 Å². The fourth-order valence-electron chi connectivity index (χ4n) is 1.80. The summed E-state index contributed by atoms with van der Waals surface area (Å²) in [5.74, 6) is -0.364. The molecule has 0 spiro atoms. The lowest BCUT2D eigenvalue weighted by Gasteiger charge is -2.23. The summed E-state index contributed by atoms with van der Waals surface area (Å²) in [6, 6.07) is 3.98. The van der Waals surface area contributed by atoms with Crippen molar-refractivity contribution in [1.29, 1.82) is 0 Å². The van der Waals surface area contributed by atoms with Crippen molar-refractivity contribution in [1.82, 2.24) is 5.32 Å². The zero-order chi connectivity index (χ0) is 13.9. The van der Waals surface area contributed by atoms with Crippen molar-refractivity contribution in [3.05, 3.63) is 29.6 Å². The lowest BCUT2D eigenvalue weighted by atomic mass is 10.0. The Labute approximate surface area is 107 Å². The van der Waals surface area contributed by atoms with Gasteiger partial charge in [0, 0.05) is 12.3 Å². The van der Waals surface area contributed by atoms with Crippen molar-refractivity contribution < 1.29 is 17.5 Å². The second-order valence-corrected chi connectivity index (χ2v) is 6.60. The minimum Gasteiger partial charge on any atom is -0.494 e. The first-order chi connectivity index (χ1) is 8.31. The van der Waals surface area contributed by atoms with E-state index in [1.807, 2.05) is 0 Å². The molecule has 102 valence electrons. The average Bonchev–Trinajstić information content (AvgIpc) is 2.29. The second-order valence-electron chi connectivity index (χ2n) is 4.19. The van der Waals surface area contributed by atoms with Gasteiger partial charge in [0.15, 0.2) is 21.4 Å². The van der Waals surface area contributed by atoms with Gasteiger partial charge in [-0.2, -0.15) is 0 Å². The van der Waals surface area contributed by atoms with Crippen LogP contribution >= 0.6 is 0 Å². The zero-order valence-electron chi connectivity index (χ0n) is 10.9. The van der Waals surface area contributed by atoms with E-state index in [1.54, 1.807) is 20.0 Å². The number of sulfone groups is 1. The highest BCUT2D eigenvalue weighted by molar-refractivity contribution is 7.91. The van der Waals surface area contributed by atoms with E-state index in [0.717, 1.165) is 0 Å². The Balaban J connectivity index is 3.14. The third-order valence-corrected chi connectivity index (χ3v) is 4.61. The summed E-state index contributed by atoms with van der Waals surface area (Å²) in [6.07, 6.45) is 1.17. The Morgan fingerprint density at radius 2 is 2.00 bits per heavy atom. The summed E-state index contributed by atoms with van der Waals surface area (Å²) in [7, 11) is -0.178. The van der Waals surface area contributed by atoms with Gasteiger partial charge in [0.25, 0.3) is 0 Å². The van der Waals surface area contributed by atoms with Gasteiger partial charge in [-0.3, -0.25) is 0 Å². The van der Waals surface area contributed by atoms with Gasteiger partial charge >= 0.3 is 0 Å². The number of hydrogen-bond donors (Lipinski definition) is 1. The summed E-state index contributed by atoms with van der Waals surface area (Å²) in [5.41, 5.74) is 0.578. The molecular weight excluding hydrogens is 257 g/mol. The highest BCUT2D eigenvalue weighted by Gasteiger charge is 2.26. The third-order valence-electron chi connectivity index (χ3n) is 2.99. The Kier molecular flexibility index (Phi) is 4.70. The average molecular weight is 275 g/mol. The van der Waals surface area contributed by atoms with Gasteiger partial charge in [0.05, 0.1) is 12.4 Å². The molecule has 6 heteroatoms. The van der Waals surface area contributed by atoms with Crippen LogP contribution in [0, 0.1) is 5.82 Å². The maximum absolute atomic E-state index is 13.6. The zero-order valence-corrected chi connectivity index (χ0v) is 11.7. The molecular formula is C12H18FNO3S. The van der Waals surface area contributed by atoms with Gasteiger partial charge < -0.3 is 10.1 Å². The van der Waals surface area contributed by atoms with Crippen LogP contribution in [-0.2, 0) is 9.84 Å². The number of methoxy groups -OCH3 is 1. The molecule has 1 rings (SSSR count). The molecule has 1 N–H and O–H groups in total. The van der Waals surface area contributed by atoms with Crippen LogP contribution in [0.15, 0.2) is 18.2 Å². The molecule has 18 heavy (non-hydrogen) atoms. The molecule has 0 radical (unpaired) electrons. The summed E-state index contributed by atoms with van der Waals surface area (Å²) < 4.78 is 41.5. The summed E-state index contributed by atoms with van der Waals surface area (Å²) in [6.45, 7) is 1.60. The fourth-order valence-corrected chi connectivity index (χ4v) is 2.58. The number of halogens is 1. The van der Waals surface area contributed by atoms with Gasteiger partial charge in [0.1, 0.15) is 0 Å². The first-order valence-corrected chi connectivity index (χ1v) is 7.46. The van der Waals surface area contributed by atoms with Crippen LogP contribution in [0.1, 0.15) is 18.5 Å². The van der Waals surface area contributed by atoms with Crippen molar-refractivity contribution >= 4 is 9.84 Å². The molecule has 0 heterocycles. The van der Waals surface area contributed by atoms with E-state index in [1.165, 1.54) is 25.5 Å². The lowest BCUT2D eigenvalue weighted by molar-refractivity contribution is 0.385. The first-order valence-electron chi connectivity index (χ1n) is 5.50. The molecule has 0 saturated carbocycles. The quantitative estimate of drug-likeness (QED) is 0.885. The SMILES string of the molecule is CNC(c1ccc(OC)c(F)c1)C(C)S(C)(=O)=O. The summed E-state index contributed by atoms with van der Waals surface area (Å²) in [4.78, 5) is 0. The minimum atomic E-state index is -3.21. The van der Waals surface area contributed by atoms with E-state index in [9.17, 15) is 12.8 Å². The van der Waals surface area contributed by atoms with E-state index in [-0.39, 0.29) is 5.75 Å². The molecule has 2 atom stereocenters. The molecule has 0 bridgehead atoms. The molecule has 0 aliphatic rings. The second kappa shape index (κ2) is 5.67. The van der Waals surface area contributed by atoms with Gasteiger partial charge in [-0.1, -0.05) is 6.07 Å². The normalized spacial score (nSPS) is 15.2. The fraction of sp³-hybridized carbons (Fsp3) is 0.500. The van der Waals surface area contributed by atoms with Gasteiger partial charge in [-0.05, 0) is 31.7 Å². The molecule has 4 nitrogen and oxygen atoms in total. The topological polar surface area (TPSA) is 55.4 Å². The number of ether oxygens (including phenoxy) is 1. The Bertz CT molecular complexity index is 516. The van der Waals surface area contributed by atoms with E-state index in [4.69, 9.17) is 4.74 Å². The van der Waals surface area contributed by atoms with Crippen molar-refractivity contribution in [3.63, 3.8) is 0 Å². The van der Waals surface area contributed by atoms with Gasteiger partial charge in [-0.25, -0.2) is 12.8 Å². The maximum atomic E-state index is 13.6. The molecule has 1 aromatic rings. The maximum Gasteiger partial charge on any atom is 0.165 e. The van der Waals surface area contributed by atoms with Crippen molar-refractivity contribution in [2.75, 3.05) is 20.4 Å². The predicted octanol–water partition coefficient (Wildman–Crippen LogP) is 1.53. The number of benzene rings is 1. The minimum absolute atomic E-state index is 0.139. The molecule has 0 aliphatic carbocycles. The summed E-state index contributed by atoms with van der Waals surface area (Å²) in [5, 5.41) is 2.26. The molecule has 1 aromatic carbocycles. The monoisotopic (exact) mass is 275 g/mol. The molecule has 0 aliphatic heterocycles. The molecule has 2 unspecified atom stereocenters. The highest BCUT2D eigenvalue weighted by atomic mass is 32.2. The van der Waals surface area contributed by atoms with Crippen LogP contribution in [0.2, 0.25) is 0 Å². The van der Waals surface area contributed by atoms with Crippen LogP contribution in [0.3, 0.4) is 0 Å². The number of rotatable bonds is 5. The Morgan fingerprint density at radius 3 is 2.39 bits per heavy atom. The van der Waals surface area contributed by atoms with E-state index >= 15 is 0 Å². The smallest absolute Gasteiger partial charge is 0.165 e. The first kappa shape index (κ1) is 14.9. The number of hydrogen-bond acceptors (Lipinski definition) is 4. The van der Waals surface area contributed by atoms with Crippen LogP contribution < -0.4 is 10.1 Å². The number of nitrogens with one attached hydrogen (secondary N) is 1. The van der Waals surface area contributed by atoms with Crippen molar-refractivity contribution in [2.45, 2.75) is 18.2 Å². The van der Waals surface area contributed by atoms with E-state index < -0.39 is 26.9 Å². The Hall–Kier alpha value is -1.14. The van der Waals surface area contributed by atoms with Crippen LogP contribution in [0.25, 0.3) is 0 Å². The van der Waals surface area contributed by atoms with Gasteiger partial charge in [0.2, 0.25) is 0 Å².